The average molecular weight is 259 g/mol. The summed E-state index contributed by atoms with van der Waals surface area (Å²) in [7, 11) is 0. The molecule has 3 N–H and O–H groups in total. The number of hydrogen-bond acceptors (Lipinski definition) is 3. The number of carbonyl (C=O) groups excluding carboxylic acids is 1. The Morgan fingerprint density at radius 1 is 1.37 bits per heavy atom. The van der Waals surface area contributed by atoms with Gasteiger partial charge in [-0.25, -0.2) is 0 Å². The van der Waals surface area contributed by atoms with Crippen molar-refractivity contribution < 1.29 is 4.79 Å². The fourth-order valence-electron chi connectivity index (χ4n) is 3.12. The van der Waals surface area contributed by atoms with E-state index in [1.807, 2.05) is 6.07 Å². The Hall–Kier alpha value is -1.71. The fourth-order valence-corrected chi connectivity index (χ4v) is 3.12. The molecule has 19 heavy (non-hydrogen) atoms. The molecule has 0 aromatic heterocycles. The van der Waals surface area contributed by atoms with Crippen molar-refractivity contribution in [2.24, 2.45) is 5.92 Å². The van der Waals surface area contributed by atoms with Gasteiger partial charge in [0.1, 0.15) is 0 Å². The summed E-state index contributed by atoms with van der Waals surface area (Å²) < 4.78 is 0. The van der Waals surface area contributed by atoms with E-state index >= 15 is 0 Å². The van der Waals surface area contributed by atoms with Gasteiger partial charge in [0.2, 0.25) is 5.91 Å². The smallest absolute Gasteiger partial charge is 0.224 e. The molecule has 1 saturated heterocycles. The molecule has 4 nitrogen and oxygen atoms in total. The number of aryl methyl sites for hydroxylation is 1. The van der Waals surface area contributed by atoms with Crippen LogP contribution in [-0.2, 0) is 11.2 Å². The van der Waals surface area contributed by atoms with Crippen LogP contribution in [0.25, 0.3) is 0 Å². The van der Waals surface area contributed by atoms with E-state index in [4.69, 9.17) is 5.73 Å². The standard InChI is InChI=1S/C15H21N3O/c1-10-3-2-6-18(9-10)14-8-13-11(7-12(14)16)4-5-15(19)17-13/h7-8,10H,2-6,9,16H2,1H3,(H,17,19). The first-order valence-electron chi connectivity index (χ1n) is 7.10. The van der Waals surface area contributed by atoms with Crippen LogP contribution in [0.4, 0.5) is 17.1 Å². The van der Waals surface area contributed by atoms with Crippen molar-refractivity contribution in [1.29, 1.82) is 0 Å². The largest absolute Gasteiger partial charge is 0.397 e. The Bertz CT molecular complexity index is 512. The summed E-state index contributed by atoms with van der Waals surface area (Å²) in [5, 5.41) is 2.96. The van der Waals surface area contributed by atoms with Crippen molar-refractivity contribution in [1.82, 2.24) is 0 Å². The Morgan fingerprint density at radius 2 is 2.21 bits per heavy atom. The summed E-state index contributed by atoms with van der Waals surface area (Å²) in [5.41, 5.74) is 10.2. The molecule has 4 heteroatoms. The number of amides is 1. The van der Waals surface area contributed by atoms with Crippen LogP contribution in [0.5, 0.6) is 0 Å². The molecule has 1 aromatic carbocycles. The lowest BCUT2D eigenvalue weighted by atomic mass is 9.97. The molecular weight excluding hydrogens is 238 g/mol. The van der Waals surface area contributed by atoms with E-state index in [0.717, 1.165) is 42.1 Å². The number of benzene rings is 1. The molecule has 0 aliphatic carbocycles. The third kappa shape index (κ3) is 2.39. The molecule has 2 aliphatic rings. The number of nitrogens with zero attached hydrogens (tertiary/aromatic N) is 1. The molecule has 0 radical (unpaired) electrons. The second-order valence-corrected chi connectivity index (χ2v) is 5.81. The van der Waals surface area contributed by atoms with Gasteiger partial charge in [-0.05, 0) is 42.9 Å². The number of anilines is 3. The maximum absolute atomic E-state index is 11.5. The number of fused-ring (bicyclic) bond motifs is 1. The average Bonchev–Trinajstić information content (AvgIpc) is 2.38. The number of carbonyl (C=O) groups is 1. The van der Waals surface area contributed by atoms with Gasteiger partial charge in [0, 0.05) is 25.2 Å². The minimum Gasteiger partial charge on any atom is -0.397 e. The lowest BCUT2D eigenvalue weighted by molar-refractivity contribution is -0.116. The van der Waals surface area contributed by atoms with Crippen LogP contribution in [0.1, 0.15) is 31.7 Å². The van der Waals surface area contributed by atoms with Gasteiger partial charge in [0.25, 0.3) is 0 Å². The highest BCUT2D eigenvalue weighted by Gasteiger charge is 2.22. The molecule has 2 heterocycles. The highest BCUT2D eigenvalue weighted by molar-refractivity contribution is 5.95. The molecule has 0 spiro atoms. The first-order chi connectivity index (χ1) is 9.13. The highest BCUT2D eigenvalue weighted by atomic mass is 16.1. The number of piperidine rings is 1. The normalized spacial score (nSPS) is 22.9. The van der Waals surface area contributed by atoms with Crippen molar-refractivity contribution in [2.45, 2.75) is 32.6 Å². The molecule has 1 aromatic rings. The van der Waals surface area contributed by atoms with E-state index in [-0.39, 0.29) is 5.91 Å². The molecular formula is C15H21N3O. The lowest BCUT2D eigenvalue weighted by Gasteiger charge is -2.34. The molecule has 102 valence electrons. The highest BCUT2D eigenvalue weighted by Crippen LogP contribution is 2.35. The van der Waals surface area contributed by atoms with Crippen molar-refractivity contribution in [3.63, 3.8) is 0 Å². The monoisotopic (exact) mass is 259 g/mol. The number of rotatable bonds is 1. The molecule has 3 rings (SSSR count). The van der Waals surface area contributed by atoms with Gasteiger partial charge >= 0.3 is 0 Å². The molecule has 1 unspecified atom stereocenters. The minimum absolute atomic E-state index is 0.107. The number of nitrogens with two attached hydrogens (primary N) is 1. The van der Waals surface area contributed by atoms with Crippen LogP contribution >= 0.6 is 0 Å². The summed E-state index contributed by atoms with van der Waals surface area (Å²) in [6.45, 7) is 4.39. The number of hydrogen-bond donors (Lipinski definition) is 2. The van der Waals surface area contributed by atoms with Gasteiger partial charge in [-0.3, -0.25) is 4.79 Å². The molecule has 1 atom stereocenters. The summed E-state index contributed by atoms with van der Waals surface area (Å²) in [6.07, 6.45) is 3.86. The zero-order valence-corrected chi connectivity index (χ0v) is 11.4. The third-order valence-corrected chi connectivity index (χ3v) is 4.15. The topological polar surface area (TPSA) is 58.4 Å². The SMILES string of the molecule is CC1CCCN(c2cc3c(cc2N)CCC(=O)N3)C1. The van der Waals surface area contributed by atoms with Crippen molar-refractivity contribution in [3.8, 4) is 0 Å². The van der Waals surface area contributed by atoms with Crippen LogP contribution in [0.3, 0.4) is 0 Å². The zero-order valence-electron chi connectivity index (χ0n) is 11.4. The van der Waals surface area contributed by atoms with Gasteiger partial charge in [-0.2, -0.15) is 0 Å². The van der Waals surface area contributed by atoms with Gasteiger partial charge < -0.3 is 16.0 Å². The van der Waals surface area contributed by atoms with Gasteiger partial charge in [-0.1, -0.05) is 6.92 Å². The van der Waals surface area contributed by atoms with Gasteiger partial charge in [-0.15, -0.1) is 0 Å². The van der Waals surface area contributed by atoms with Crippen LogP contribution in [-0.4, -0.2) is 19.0 Å². The quantitative estimate of drug-likeness (QED) is 0.761. The summed E-state index contributed by atoms with van der Waals surface area (Å²) in [4.78, 5) is 13.8. The second-order valence-electron chi connectivity index (χ2n) is 5.81. The predicted molar refractivity (Wildman–Crippen MR) is 78.4 cm³/mol. The first-order valence-corrected chi connectivity index (χ1v) is 7.10. The molecule has 1 amide bonds. The number of nitrogen functional groups attached to an aromatic ring is 1. The summed E-state index contributed by atoms with van der Waals surface area (Å²) in [5.74, 6) is 0.814. The molecule has 0 bridgehead atoms. The van der Waals surface area contributed by atoms with E-state index in [1.165, 1.54) is 12.8 Å². The van der Waals surface area contributed by atoms with E-state index in [0.29, 0.717) is 12.3 Å². The van der Waals surface area contributed by atoms with Gasteiger partial charge in [0.15, 0.2) is 0 Å². The minimum atomic E-state index is 0.107. The zero-order chi connectivity index (χ0) is 13.4. The fraction of sp³-hybridized carbons (Fsp3) is 0.533. The maximum Gasteiger partial charge on any atom is 0.224 e. The van der Waals surface area contributed by atoms with Crippen LogP contribution < -0.4 is 16.0 Å². The maximum atomic E-state index is 11.5. The lowest BCUT2D eigenvalue weighted by Crippen LogP contribution is -2.35. The van der Waals surface area contributed by atoms with E-state index in [2.05, 4.69) is 23.2 Å². The summed E-state index contributed by atoms with van der Waals surface area (Å²) in [6, 6.07) is 4.09. The van der Waals surface area contributed by atoms with E-state index in [1.54, 1.807) is 0 Å². The van der Waals surface area contributed by atoms with Crippen molar-refractivity contribution >= 4 is 23.0 Å². The number of nitrogens with one attached hydrogen (secondary N) is 1. The second kappa shape index (κ2) is 4.76. The molecule has 0 saturated carbocycles. The van der Waals surface area contributed by atoms with Crippen molar-refractivity contribution in [3.05, 3.63) is 17.7 Å². The molecule has 2 aliphatic heterocycles. The van der Waals surface area contributed by atoms with E-state index in [9.17, 15) is 4.79 Å². The first kappa shape index (κ1) is 12.3. The third-order valence-electron chi connectivity index (χ3n) is 4.15. The van der Waals surface area contributed by atoms with E-state index < -0.39 is 0 Å². The van der Waals surface area contributed by atoms with Gasteiger partial charge in [0.05, 0.1) is 11.4 Å². The Balaban J connectivity index is 1.93. The Morgan fingerprint density at radius 3 is 3.00 bits per heavy atom. The van der Waals surface area contributed by atoms with Crippen LogP contribution in [0.2, 0.25) is 0 Å². The Kier molecular flexibility index (Phi) is 3.09. The Labute approximate surface area is 114 Å². The summed E-state index contributed by atoms with van der Waals surface area (Å²) >= 11 is 0. The predicted octanol–water partition coefficient (Wildman–Crippen LogP) is 2.39. The van der Waals surface area contributed by atoms with Crippen LogP contribution in [0.15, 0.2) is 12.1 Å². The van der Waals surface area contributed by atoms with Crippen molar-refractivity contribution in [2.75, 3.05) is 29.0 Å². The van der Waals surface area contributed by atoms with Crippen LogP contribution in [0, 0.1) is 5.92 Å². The molecule has 1 fully saturated rings.